The highest BCUT2D eigenvalue weighted by Crippen LogP contribution is 2.41. The van der Waals surface area contributed by atoms with Crippen molar-refractivity contribution in [2.75, 3.05) is 50.1 Å². The molecule has 2 fully saturated rings. The molecule has 0 atom stereocenters. The maximum absolute atomic E-state index is 15.1. The number of nitrogens with zero attached hydrogens (tertiary/aromatic N) is 5. The van der Waals surface area contributed by atoms with Crippen LogP contribution in [0.5, 0.6) is 5.75 Å². The molecule has 0 spiro atoms. The molecule has 0 N–H and O–H groups in total. The first-order valence-corrected chi connectivity index (χ1v) is 13.8. The summed E-state index contributed by atoms with van der Waals surface area (Å²) in [6.07, 6.45) is 4.79. The molecule has 6 rings (SSSR count). The summed E-state index contributed by atoms with van der Waals surface area (Å²) in [5.74, 6) is -1.60. The quantitative estimate of drug-likeness (QED) is 0.438. The average Bonchev–Trinajstić information content (AvgIpc) is 3.79. The van der Waals surface area contributed by atoms with Crippen molar-refractivity contribution in [3.63, 3.8) is 0 Å². The van der Waals surface area contributed by atoms with Gasteiger partial charge < -0.3 is 19.4 Å². The molecule has 10 heteroatoms. The van der Waals surface area contributed by atoms with Crippen LogP contribution in [0.3, 0.4) is 0 Å². The summed E-state index contributed by atoms with van der Waals surface area (Å²) in [6, 6.07) is 8.28. The number of carbonyl (C=O) groups excluding carboxylic acids is 1. The number of fused-ring (bicyclic) bond motifs is 1. The summed E-state index contributed by atoms with van der Waals surface area (Å²) in [7, 11) is 4.14. The molecule has 1 saturated heterocycles. The van der Waals surface area contributed by atoms with Crippen molar-refractivity contribution < 1.29 is 22.7 Å². The fourth-order valence-corrected chi connectivity index (χ4v) is 5.61. The fourth-order valence-electron chi connectivity index (χ4n) is 5.61. The molecule has 0 bridgehead atoms. The van der Waals surface area contributed by atoms with Crippen LogP contribution in [0, 0.1) is 23.4 Å². The van der Waals surface area contributed by atoms with Crippen LogP contribution in [-0.2, 0) is 11.2 Å². The van der Waals surface area contributed by atoms with E-state index in [1.807, 2.05) is 6.07 Å². The van der Waals surface area contributed by atoms with Crippen LogP contribution in [0.2, 0.25) is 0 Å². The number of hydrogen-bond donors (Lipinski definition) is 0. The van der Waals surface area contributed by atoms with E-state index in [-0.39, 0.29) is 59.2 Å². The summed E-state index contributed by atoms with van der Waals surface area (Å²) >= 11 is 0. The number of piperidine rings is 1. The Morgan fingerprint density at radius 2 is 1.75 bits per heavy atom. The Bertz CT molecular complexity index is 1440. The third-order valence-electron chi connectivity index (χ3n) is 8.05. The Morgan fingerprint density at radius 1 is 0.975 bits per heavy atom. The van der Waals surface area contributed by atoms with Crippen LogP contribution in [0.1, 0.15) is 37.1 Å². The molecular weight excluding hydrogens is 519 g/mol. The van der Waals surface area contributed by atoms with Gasteiger partial charge in [0, 0.05) is 37.0 Å². The first-order valence-electron chi connectivity index (χ1n) is 13.8. The molecule has 7 nitrogen and oxygen atoms in total. The normalized spacial score (nSPS) is 17.6. The molecule has 0 radical (unpaired) electrons. The molecule has 2 aromatic carbocycles. The molecule has 1 aromatic heterocycles. The molecule has 210 valence electrons. The lowest BCUT2D eigenvalue weighted by Gasteiger charge is -2.36. The van der Waals surface area contributed by atoms with Gasteiger partial charge in [-0.25, -0.2) is 23.1 Å². The molecule has 2 aliphatic heterocycles. The van der Waals surface area contributed by atoms with Crippen molar-refractivity contribution in [3.05, 3.63) is 65.4 Å². The van der Waals surface area contributed by atoms with E-state index < -0.39 is 11.6 Å². The van der Waals surface area contributed by atoms with Gasteiger partial charge in [-0.15, -0.1) is 0 Å². The largest absolute Gasteiger partial charge is 0.486 e. The van der Waals surface area contributed by atoms with Crippen LogP contribution in [0.15, 0.2) is 36.5 Å². The second-order valence-corrected chi connectivity index (χ2v) is 11.0. The Morgan fingerprint density at radius 3 is 2.45 bits per heavy atom. The van der Waals surface area contributed by atoms with E-state index in [1.54, 1.807) is 12.1 Å². The second-order valence-electron chi connectivity index (χ2n) is 11.0. The monoisotopic (exact) mass is 551 g/mol. The Kier molecular flexibility index (Phi) is 7.12. The number of anilines is 2. The number of halogens is 3. The van der Waals surface area contributed by atoms with E-state index in [2.05, 4.69) is 33.9 Å². The Labute approximate surface area is 231 Å². The Hall–Kier alpha value is -3.66. The van der Waals surface area contributed by atoms with Crippen LogP contribution in [0.4, 0.5) is 24.5 Å². The van der Waals surface area contributed by atoms with Gasteiger partial charge >= 0.3 is 0 Å². The third-order valence-corrected chi connectivity index (χ3v) is 8.05. The number of ether oxygens (including phenoxy) is 1. The highest BCUT2D eigenvalue weighted by atomic mass is 19.1. The van der Waals surface area contributed by atoms with Crippen molar-refractivity contribution in [3.8, 4) is 17.0 Å². The number of rotatable bonds is 6. The maximum Gasteiger partial charge on any atom is 0.230 e. The van der Waals surface area contributed by atoms with Gasteiger partial charge in [0.2, 0.25) is 5.91 Å². The van der Waals surface area contributed by atoms with E-state index >= 15 is 8.78 Å². The fraction of sp³-hybridized carbons (Fsp3) is 0.433. The van der Waals surface area contributed by atoms with Crippen molar-refractivity contribution >= 4 is 17.3 Å². The van der Waals surface area contributed by atoms with Gasteiger partial charge in [-0.1, -0.05) is 6.07 Å². The minimum Gasteiger partial charge on any atom is -0.486 e. The molecular formula is C30H32F3N5O2. The summed E-state index contributed by atoms with van der Waals surface area (Å²) in [6.45, 7) is 2.07. The smallest absolute Gasteiger partial charge is 0.230 e. The molecule has 3 aliphatic rings. The number of hydrogen-bond acceptors (Lipinski definition) is 6. The zero-order valence-electron chi connectivity index (χ0n) is 22.7. The molecule has 3 heterocycles. The van der Waals surface area contributed by atoms with Gasteiger partial charge in [0.15, 0.2) is 17.4 Å². The highest BCUT2D eigenvalue weighted by molar-refractivity contribution is 5.98. The van der Waals surface area contributed by atoms with Crippen molar-refractivity contribution in [2.24, 2.45) is 5.92 Å². The predicted molar refractivity (Wildman–Crippen MR) is 146 cm³/mol. The van der Waals surface area contributed by atoms with Gasteiger partial charge in [-0.2, -0.15) is 0 Å². The maximum atomic E-state index is 15.1. The van der Waals surface area contributed by atoms with Crippen LogP contribution < -0.4 is 14.5 Å². The summed E-state index contributed by atoms with van der Waals surface area (Å²) in [4.78, 5) is 27.1. The zero-order valence-corrected chi connectivity index (χ0v) is 22.7. The van der Waals surface area contributed by atoms with E-state index in [0.717, 1.165) is 51.0 Å². The van der Waals surface area contributed by atoms with E-state index in [1.165, 1.54) is 11.0 Å². The summed E-state index contributed by atoms with van der Waals surface area (Å²) in [5, 5.41) is 0. The summed E-state index contributed by atoms with van der Waals surface area (Å²) in [5.41, 5.74) is 1.59. The van der Waals surface area contributed by atoms with Crippen LogP contribution in [0.25, 0.3) is 11.3 Å². The van der Waals surface area contributed by atoms with Crippen molar-refractivity contribution in [1.29, 1.82) is 0 Å². The molecule has 1 aliphatic carbocycles. The number of amides is 1. The molecule has 1 amide bonds. The van der Waals surface area contributed by atoms with E-state index in [9.17, 15) is 9.18 Å². The number of aromatic nitrogens is 2. The lowest BCUT2D eigenvalue weighted by atomic mass is 10.0. The molecule has 1 saturated carbocycles. The summed E-state index contributed by atoms with van der Waals surface area (Å²) < 4.78 is 50.6. The van der Waals surface area contributed by atoms with Crippen molar-refractivity contribution in [2.45, 2.75) is 38.1 Å². The molecule has 3 aromatic rings. The Balaban J connectivity index is 1.23. The van der Waals surface area contributed by atoms with Crippen LogP contribution >= 0.6 is 0 Å². The lowest BCUT2D eigenvalue weighted by molar-refractivity contribution is -0.120. The van der Waals surface area contributed by atoms with Gasteiger partial charge in [-0.05, 0) is 69.6 Å². The molecule has 40 heavy (non-hydrogen) atoms. The van der Waals surface area contributed by atoms with Gasteiger partial charge in [0.05, 0.1) is 24.1 Å². The average molecular weight is 552 g/mol. The van der Waals surface area contributed by atoms with Crippen LogP contribution in [-0.4, -0.2) is 67.2 Å². The minimum absolute atomic E-state index is 0.0137. The van der Waals surface area contributed by atoms with Gasteiger partial charge in [0.25, 0.3) is 0 Å². The standard InChI is InChI=1S/C30H32F3N5O2/c1-36(2)21-7-9-37(10-8-21)25-6-3-18(13-22(25)31)14-27-34-17-24(33)28(35-27)20-15-23(32)29-26(16-20)38(11-12-40-29)30(39)19-4-5-19/h3,6,13,15-17,19,21H,4-5,7-12,14H2,1-2H3. The third kappa shape index (κ3) is 5.24. The SMILES string of the molecule is CN(C)C1CCN(c2ccc(Cc3ncc(F)c(-c4cc(F)c5c(c4)N(C(=O)C4CC4)CCO5)n3)cc2F)CC1. The number of carbonyl (C=O) groups is 1. The first-order chi connectivity index (χ1) is 19.3. The van der Waals surface area contributed by atoms with Gasteiger partial charge in [-0.3, -0.25) is 4.79 Å². The zero-order chi connectivity index (χ0) is 28.0. The highest BCUT2D eigenvalue weighted by Gasteiger charge is 2.37. The van der Waals surface area contributed by atoms with Gasteiger partial charge in [0.1, 0.15) is 23.9 Å². The minimum atomic E-state index is -0.720. The second kappa shape index (κ2) is 10.7. The topological polar surface area (TPSA) is 61.8 Å². The first kappa shape index (κ1) is 26.6. The van der Waals surface area contributed by atoms with E-state index in [0.29, 0.717) is 23.8 Å². The predicted octanol–water partition coefficient (Wildman–Crippen LogP) is 4.82. The number of benzene rings is 2. The lowest BCUT2D eigenvalue weighted by Crippen LogP contribution is -2.42. The van der Waals surface area contributed by atoms with Crippen molar-refractivity contribution in [1.82, 2.24) is 14.9 Å². The van der Waals surface area contributed by atoms with E-state index in [4.69, 9.17) is 4.74 Å². The molecule has 0 unspecified atom stereocenters.